The normalized spacial score (nSPS) is 28.6. The summed E-state index contributed by atoms with van der Waals surface area (Å²) in [5.41, 5.74) is 2.20. The highest BCUT2D eigenvalue weighted by atomic mass is 16.5. The largest absolute Gasteiger partial charge is 0.394 e. The van der Waals surface area contributed by atoms with Gasteiger partial charge in [0.2, 0.25) is 11.8 Å². The van der Waals surface area contributed by atoms with Crippen LogP contribution in [0.25, 0.3) is 0 Å². The van der Waals surface area contributed by atoms with Gasteiger partial charge in [-0.3, -0.25) is 14.4 Å². The number of nitrogens with zero attached hydrogens (tertiary/aromatic N) is 3. The van der Waals surface area contributed by atoms with E-state index < -0.39 is 11.7 Å². The fourth-order valence-electron chi connectivity index (χ4n) is 7.02. The Hall–Kier alpha value is -3.23. The molecule has 0 aliphatic carbocycles. The lowest BCUT2D eigenvalue weighted by Crippen LogP contribution is -2.44. The van der Waals surface area contributed by atoms with Crippen LogP contribution in [-0.4, -0.2) is 59.6 Å². The van der Waals surface area contributed by atoms with E-state index in [1.807, 2.05) is 60.4 Å². The number of piperidine rings is 1. The molecule has 0 unspecified atom stereocenters. The molecule has 4 aliphatic rings. The summed E-state index contributed by atoms with van der Waals surface area (Å²) in [7, 11) is 0. The molecule has 4 heterocycles. The monoisotopic (exact) mass is 531 g/mol. The van der Waals surface area contributed by atoms with Gasteiger partial charge in [0.1, 0.15) is 0 Å². The van der Waals surface area contributed by atoms with E-state index in [4.69, 9.17) is 4.74 Å². The van der Waals surface area contributed by atoms with E-state index in [-0.39, 0.29) is 42.7 Å². The van der Waals surface area contributed by atoms with E-state index >= 15 is 0 Å². The van der Waals surface area contributed by atoms with Gasteiger partial charge in [-0.2, -0.15) is 0 Å². The first-order valence-corrected chi connectivity index (χ1v) is 14.3. The maximum atomic E-state index is 14.3. The highest BCUT2D eigenvalue weighted by Crippen LogP contribution is 2.54. The topological polar surface area (TPSA) is 90.4 Å². The maximum absolute atomic E-state index is 14.3. The smallest absolute Gasteiger partial charge is 0.264 e. The van der Waals surface area contributed by atoms with E-state index in [0.29, 0.717) is 32.5 Å². The molecule has 0 saturated carbocycles. The van der Waals surface area contributed by atoms with Crippen molar-refractivity contribution in [3.8, 4) is 0 Å². The van der Waals surface area contributed by atoms with Crippen LogP contribution >= 0.6 is 0 Å². The zero-order chi connectivity index (χ0) is 27.1. The van der Waals surface area contributed by atoms with E-state index in [9.17, 15) is 19.5 Å². The molecule has 1 spiro atoms. The third-order valence-electron chi connectivity index (χ3n) is 9.03. The molecule has 206 valence electrons. The van der Waals surface area contributed by atoms with Gasteiger partial charge < -0.3 is 24.5 Å². The predicted octanol–water partition coefficient (Wildman–Crippen LogP) is 3.74. The molecular formula is C31H37N3O5. The average Bonchev–Trinajstić information content (AvgIpc) is 3.62. The number of hydrogen-bond donors (Lipinski definition) is 1. The number of fused-ring (bicyclic) bond motifs is 2. The van der Waals surface area contributed by atoms with Gasteiger partial charge in [0.25, 0.3) is 5.91 Å². The molecule has 3 saturated heterocycles. The number of likely N-dealkylation sites (tertiary alicyclic amines) is 1. The van der Waals surface area contributed by atoms with Crippen LogP contribution in [0.3, 0.4) is 0 Å². The third-order valence-corrected chi connectivity index (χ3v) is 9.03. The standard InChI is InChI=1S/C31H37N3O5/c1-21-16-25(18-29(37)33-15-7-10-24(33)20-35)39-31(21)26-17-23(32-14-6-5-11-28(32)36)12-13-27(26)34(30(31)38)19-22-8-3-2-4-9-22/h2-4,8-9,12-13,17,21,24-25,35H,5-7,10-11,14-16,18-20H2,1H3/t21-,24+,25-,31+/m1/s1. The second kappa shape index (κ2) is 10.4. The van der Waals surface area contributed by atoms with Crippen LogP contribution in [0, 0.1) is 5.92 Å². The molecule has 1 N–H and O–H groups in total. The summed E-state index contributed by atoms with van der Waals surface area (Å²) in [6, 6.07) is 15.6. The molecule has 3 fully saturated rings. The number of aliphatic hydroxyl groups excluding tert-OH is 1. The highest BCUT2D eigenvalue weighted by Gasteiger charge is 2.60. The number of carbonyl (C=O) groups excluding carboxylic acids is 3. The van der Waals surface area contributed by atoms with Crippen LogP contribution in [-0.2, 0) is 31.3 Å². The van der Waals surface area contributed by atoms with Gasteiger partial charge in [0.15, 0.2) is 5.60 Å². The molecule has 8 nitrogen and oxygen atoms in total. The van der Waals surface area contributed by atoms with E-state index in [0.717, 1.165) is 48.2 Å². The van der Waals surface area contributed by atoms with Gasteiger partial charge in [0.05, 0.1) is 37.4 Å². The lowest BCUT2D eigenvalue weighted by Gasteiger charge is -2.30. The maximum Gasteiger partial charge on any atom is 0.264 e. The molecule has 0 radical (unpaired) electrons. The fraction of sp³-hybridized carbons (Fsp3) is 0.516. The molecule has 4 aliphatic heterocycles. The number of hydrogen-bond acceptors (Lipinski definition) is 5. The van der Waals surface area contributed by atoms with Crippen LogP contribution in [0.2, 0.25) is 0 Å². The SMILES string of the molecule is C[C@@H]1C[C@H](CC(=O)N2CCC[C@H]2CO)O[C@@]12C(=O)N(Cc1ccccc1)c1ccc(N3CCCCC3=O)cc12. The van der Waals surface area contributed by atoms with E-state index in [2.05, 4.69) is 0 Å². The van der Waals surface area contributed by atoms with Crippen LogP contribution in [0.1, 0.15) is 63.0 Å². The van der Waals surface area contributed by atoms with Crippen molar-refractivity contribution in [2.45, 2.75) is 76.2 Å². The van der Waals surface area contributed by atoms with Crippen LogP contribution in [0.15, 0.2) is 48.5 Å². The van der Waals surface area contributed by atoms with Crippen molar-refractivity contribution in [1.29, 1.82) is 0 Å². The molecule has 8 heteroatoms. The number of aliphatic hydroxyl groups is 1. The van der Waals surface area contributed by atoms with E-state index in [1.54, 1.807) is 9.80 Å². The second-order valence-corrected chi connectivity index (χ2v) is 11.5. The Morgan fingerprint density at radius 1 is 1.08 bits per heavy atom. The summed E-state index contributed by atoms with van der Waals surface area (Å²) in [5.74, 6) is -0.184. The molecule has 2 aromatic rings. The summed E-state index contributed by atoms with van der Waals surface area (Å²) in [4.78, 5) is 45.7. The first-order chi connectivity index (χ1) is 18.9. The van der Waals surface area contributed by atoms with Gasteiger partial charge in [-0.25, -0.2) is 0 Å². The third kappa shape index (κ3) is 4.43. The summed E-state index contributed by atoms with van der Waals surface area (Å²) in [6.45, 7) is 3.74. The van der Waals surface area contributed by atoms with Crippen molar-refractivity contribution in [3.05, 3.63) is 59.7 Å². The Bertz CT molecular complexity index is 1270. The van der Waals surface area contributed by atoms with Gasteiger partial charge >= 0.3 is 0 Å². The van der Waals surface area contributed by atoms with Crippen molar-refractivity contribution in [2.75, 3.05) is 29.5 Å². The number of amides is 3. The molecule has 0 aromatic heterocycles. The van der Waals surface area contributed by atoms with Crippen LogP contribution in [0.4, 0.5) is 11.4 Å². The summed E-state index contributed by atoms with van der Waals surface area (Å²) >= 11 is 0. The lowest BCUT2D eigenvalue weighted by atomic mass is 9.82. The minimum atomic E-state index is -1.20. The van der Waals surface area contributed by atoms with Gasteiger partial charge in [0, 0.05) is 36.7 Å². The minimum absolute atomic E-state index is 0.0275. The molecule has 39 heavy (non-hydrogen) atoms. The Morgan fingerprint density at radius 2 is 1.90 bits per heavy atom. The van der Waals surface area contributed by atoms with Gasteiger partial charge in [-0.15, -0.1) is 0 Å². The van der Waals surface area contributed by atoms with Crippen molar-refractivity contribution < 1.29 is 24.2 Å². The Labute approximate surface area is 229 Å². The number of rotatable bonds is 6. The summed E-state index contributed by atoms with van der Waals surface area (Å²) in [6.07, 6.45) is 4.46. The van der Waals surface area contributed by atoms with E-state index in [1.165, 1.54) is 0 Å². The molecule has 4 atom stereocenters. The van der Waals surface area contributed by atoms with Crippen LogP contribution < -0.4 is 9.80 Å². The number of ether oxygens (including phenoxy) is 1. The number of carbonyl (C=O) groups is 3. The quantitative estimate of drug-likeness (QED) is 0.613. The van der Waals surface area contributed by atoms with Gasteiger partial charge in [-0.05, 0) is 55.9 Å². The number of anilines is 2. The average molecular weight is 532 g/mol. The van der Waals surface area contributed by atoms with Crippen LogP contribution in [0.5, 0.6) is 0 Å². The Balaban J connectivity index is 1.34. The Kier molecular flexibility index (Phi) is 6.93. The lowest BCUT2D eigenvalue weighted by molar-refractivity contribution is -0.150. The Morgan fingerprint density at radius 3 is 2.67 bits per heavy atom. The van der Waals surface area contributed by atoms with Crippen molar-refractivity contribution in [2.24, 2.45) is 5.92 Å². The first kappa shape index (κ1) is 26.0. The number of benzene rings is 2. The highest BCUT2D eigenvalue weighted by molar-refractivity contribution is 6.08. The molecule has 2 aromatic carbocycles. The summed E-state index contributed by atoms with van der Waals surface area (Å²) in [5, 5.41) is 9.70. The molecule has 3 amide bonds. The fourth-order valence-corrected chi connectivity index (χ4v) is 7.02. The van der Waals surface area contributed by atoms with Gasteiger partial charge in [-0.1, -0.05) is 37.3 Å². The predicted molar refractivity (Wildman–Crippen MR) is 147 cm³/mol. The van der Waals surface area contributed by atoms with Crippen molar-refractivity contribution >= 4 is 29.1 Å². The minimum Gasteiger partial charge on any atom is -0.394 e. The molecule has 0 bridgehead atoms. The zero-order valence-electron chi connectivity index (χ0n) is 22.6. The first-order valence-electron chi connectivity index (χ1n) is 14.3. The second-order valence-electron chi connectivity index (χ2n) is 11.5. The molecule has 6 rings (SSSR count). The van der Waals surface area contributed by atoms with Crippen molar-refractivity contribution in [1.82, 2.24) is 4.90 Å². The van der Waals surface area contributed by atoms with Crippen molar-refractivity contribution in [3.63, 3.8) is 0 Å². The summed E-state index contributed by atoms with van der Waals surface area (Å²) < 4.78 is 6.69. The molecular weight excluding hydrogens is 494 g/mol. The zero-order valence-corrected chi connectivity index (χ0v) is 22.6.